The van der Waals surface area contributed by atoms with Crippen LogP contribution >= 0.6 is 11.7 Å². The van der Waals surface area contributed by atoms with Crippen molar-refractivity contribution in [2.24, 2.45) is 0 Å². The molecule has 3 aromatic heterocycles. The summed E-state index contributed by atoms with van der Waals surface area (Å²) in [6.07, 6.45) is 0. The molecule has 0 aliphatic rings. The number of fused-ring (bicyclic) bond motifs is 3. The summed E-state index contributed by atoms with van der Waals surface area (Å²) in [4.78, 5) is 29.1. The second kappa shape index (κ2) is 19.0. The molecule has 3 heterocycles. The maximum atomic E-state index is 13.5. The monoisotopic (exact) mass is 858 g/mol. The van der Waals surface area contributed by atoms with E-state index in [9.17, 15) is 9.59 Å². The number of aromatic amines is 1. The van der Waals surface area contributed by atoms with E-state index in [-0.39, 0.29) is 6.61 Å². The molecule has 14 nitrogen and oxygen atoms in total. The predicted molar refractivity (Wildman–Crippen MR) is 239 cm³/mol. The Labute approximate surface area is 362 Å². The fraction of sp³-hybridized carbons (Fsp3) is 0.234. The molecule has 320 valence electrons. The number of hydrogen-bond acceptors (Lipinski definition) is 13. The maximum absolute atomic E-state index is 13.5. The van der Waals surface area contributed by atoms with Gasteiger partial charge in [-0.3, -0.25) is 0 Å². The van der Waals surface area contributed by atoms with Gasteiger partial charge in [-0.15, -0.1) is 0 Å². The predicted octanol–water partition coefficient (Wildman–Crippen LogP) is 9.60. The van der Waals surface area contributed by atoms with Crippen LogP contribution in [0.2, 0.25) is 0 Å². The van der Waals surface area contributed by atoms with Crippen molar-refractivity contribution in [2.75, 3.05) is 55.9 Å². The van der Waals surface area contributed by atoms with Crippen molar-refractivity contribution >= 4 is 56.5 Å². The fourth-order valence-corrected chi connectivity index (χ4v) is 7.86. The molecule has 0 saturated carbocycles. The lowest BCUT2D eigenvalue weighted by Gasteiger charge is -2.13. The molecule has 8 rings (SSSR count). The number of carbonyl (C=O) groups excluding carboxylic acids is 2. The topological polar surface area (TPSA) is 154 Å². The van der Waals surface area contributed by atoms with Crippen LogP contribution in [0.15, 0.2) is 91.0 Å². The summed E-state index contributed by atoms with van der Waals surface area (Å²) in [6.45, 7) is 4.55. The summed E-state index contributed by atoms with van der Waals surface area (Å²) in [5, 5.41) is 1.69. The van der Waals surface area contributed by atoms with Gasteiger partial charge >= 0.3 is 11.9 Å². The molecule has 1 N–H and O–H groups in total. The molecule has 0 spiro atoms. The van der Waals surface area contributed by atoms with E-state index in [4.69, 9.17) is 37.9 Å². The number of esters is 2. The number of ether oxygens (including phenoxy) is 8. The highest BCUT2D eigenvalue weighted by Crippen LogP contribution is 2.43. The van der Waals surface area contributed by atoms with Crippen molar-refractivity contribution in [1.29, 1.82) is 0 Å². The Bertz CT molecular complexity index is 2860. The minimum absolute atomic E-state index is 0.255. The molecule has 15 heteroatoms. The number of nitrogens with one attached hydrogen (secondary N) is 1. The van der Waals surface area contributed by atoms with E-state index in [2.05, 4.69) is 13.7 Å². The molecule has 0 fully saturated rings. The van der Waals surface area contributed by atoms with Crippen LogP contribution in [0.3, 0.4) is 0 Å². The summed E-state index contributed by atoms with van der Waals surface area (Å²) in [7, 11) is 9.57. The molecule has 0 aliphatic carbocycles. The van der Waals surface area contributed by atoms with E-state index in [0.717, 1.165) is 72.2 Å². The van der Waals surface area contributed by atoms with Crippen LogP contribution in [0.4, 0.5) is 0 Å². The Balaban J connectivity index is 0.000000197. The van der Waals surface area contributed by atoms with Gasteiger partial charge in [-0.05, 0) is 79.1 Å². The van der Waals surface area contributed by atoms with Crippen molar-refractivity contribution in [3.63, 3.8) is 0 Å². The lowest BCUT2D eigenvalue weighted by Crippen LogP contribution is -2.14. The highest BCUT2D eigenvalue weighted by molar-refractivity contribution is 7.00. The highest BCUT2D eigenvalue weighted by Gasteiger charge is 2.27. The zero-order valence-electron chi connectivity index (χ0n) is 35.6. The van der Waals surface area contributed by atoms with Crippen molar-refractivity contribution in [3.05, 3.63) is 108 Å². The summed E-state index contributed by atoms with van der Waals surface area (Å²) >= 11 is 1.18. The van der Waals surface area contributed by atoms with Gasteiger partial charge in [0.1, 0.15) is 33.9 Å². The Morgan fingerprint density at radius 2 is 1.11 bits per heavy atom. The summed E-state index contributed by atoms with van der Waals surface area (Å²) in [5.74, 6) is 2.96. The van der Waals surface area contributed by atoms with Gasteiger partial charge in [-0.25, -0.2) is 9.59 Å². The second-order valence-corrected chi connectivity index (χ2v) is 14.2. The van der Waals surface area contributed by atoms with E-state index in [1.165, 1.54) is 11.7 Å². The number of nitrogens with zero attached hydrogens (tertiary/aromatic N) is 3. The van der Waals surface area contributed by atoms with E-state index < -0.39 is 11.9 Å². The molecule has 62 heavy (non-hydrogen) atoms. The molecule has 0 saturated heterocycles. The molecule has 0 atom stereocenters. The standard InChI is InChI=1S/C27H25N3O5S.C20H21NO5/c1-5-35-27(31)26-25(17-7-9-18(32-2)10-8-17)19-13-23(33-3)24(34-4)14-22(19)30(26)15-16-6-11-20-21(12-16)29-36-28-20;1-5-26-20(22)19-18(12-6-8-13(23-2)9-7-12)14-10-16(24-3)17(25-4)11-15(14)21-19/h6-14H,5,15H2,1-4H3;6-11,21H,5H2,1-4H3. The zero-order valence-corrected chi connectivity index (χ0v) is 36.4. The quantitative estimate of drug-likeness (QED) is 0.104. The van der Waals surface area contributed by atoms with Crippen LogP contribution in [0.25, 0.3) is 55.1 Å². The molecule has 8 aromatic rings. The van der Waals surface area contributed by atoms with Crippen molar-refractivity contribution in [3.8, 4) is 56.8 Å². The Morgan fingerprint density at radius 1 is 0.581 bits per heavy atom. The molecule has 0 radical (unpaired) electrons. The third-order valence-corrected chi connectivity index (χ3v) is 10.8. The number of rotatable bonds is 14. The van der Waals surface area contributed by atoms with Crippen LogP contribution in [0.5, 0.6) is 34.5 Å². The number of benzene rings is 5. The molecular weight excluding hydrogens is 813 g/mol. The average molecular weight is 859 g/mol. The van der Waals surface area contributed by atoms with Crippen LogP contribution in [-0.4, -0.2) is 86.1 Å². The summed E-state index contributed by atoms with van der Waals surface area (Å²) in [6, 6.07) is 28.5. The summed E-state index contributed by atoms with van der Waals surface area (Å²) < 4.78 is 53.9. The molecule has 5 aromatic carbocycles. The van der Waals surface area contributed by atoms with Crippen LogP contribution < -0.4 is 28.4 Å². The first-order valence-electron chi connectivity index (χ1n) is 19.6. The number of methoxy groups -OCH3 is 6. The fourth-order valence-electron chi connectivity index (χ4n) is 7.34. The molecular formula is C47H46N4O10S. The van der Waals surface area contributed by atoms with Gasteiger partial charge in [0, 0.05) is 40.6 Å². The van der Waals surface area contributed by atoms with E-state index in [1.54, 1.807) is 56.5 Å². The third-order valence-electron chi connectivity index (χ3n) is 10.2. The van der Waals surface area contributed by atoms with Crippen LogP contribution in [0, 0.1) is 0 Å². The first-order chi connectivity index (χ1) is 30.2. The number of carbonyl (C=O) groups is 2. The van der Waals surface area contributed by atoms with Crippen molar-refractivity contribution in [2.45, 2.75) is 20.4 Å². The molecule has 0 aliphatic heterocycles. The Kier molecular flexibility index (Phi) is 13.1. The second-order valence-electron chi connectivity index (χ2n) is 13.6. The third kappa shape index (κ3) is 8.39. The lowest BCUT2D eigenvalue weighted by atomic mass is 10.0. The normalized spacial score (nSPS) is 10.9. The van der Waals surface area contributed by atoms with Gasteiger partial charge in [-0.1, -0.05) is 30.3 Å². The number of hydrogen-bond donors (Lipinski definition) is 1. The minimum atomic E-state index is -0.410. The van der Waals surface area contributed by atoms with E-state index in [1.807, 2.05) is 95.6 Å². The van der Waals surface area contributed by atoms with Gasteiger partial charge in [0.05, 0.1) is 78.6 Å². The molecule has 0 unspecified atom stereocenters. The molecule has 0 bridgehead atoms. The van der Waals surface area contributed by atoms with Crippen LogP contribution in [-0.2, 0) is 16.0 Å². The minimum Gasteiger partial charge on any atom is -0.497 e. The Morgan fingerprint density at radius 3 is 1.69 bits per heavy atom. The largest absolute Gasteiger partial charge is 0.497 e. The summed E-state index contributed by atoms with van der Waals surface area (Å²) in [5.41, 5.74) is 8.29. The smallest absolute Gasteiger partial charge is 0.355 e. The van der Waals surface area contributed by atoms with Crippen molar-refractivity contribution < 1.29 is 47.5 Å². The average Bonchev–Trinajstić information content (AvgIpc) is 4.02. The first-order valence-corrected chi connectivity index (χ1v) is 20.3. The lowest BCUT2D eigenvalue weighted by molar-refractivity contribution is 0.0509. The highest BCUT2D eigenvalue weighted by atomic mass is 32.1. The van der Waals surface area contributed by atoms with Gasteiger partial charge in [0.15, 0.2) is 23.0 Å². The Hall–Kier alpha value is -7.26. The van der Waals surface area contributed by atoms with Gasteiger partial charge in [-0.2, -0.15) is 8.75 Å². The van der Waals surface area contributed by atoms with E-state index in [0.29, 0.717) is 47.5 Å². The van der Waals surface area contributed by atoms with E-state index >= 15 is 0 Å². The van der Waals surface area contributed by atoms with Gasteiger partial charge in [0.25, 0.3) is 0 Å². The zero-order chi connectivity index (χ0) is 43.9. The first kappa shape index (κ1) is 42.8. The SMILES string of the molecule is CCOC(=O)c1[nH]c2cc(OC)c(OC)cc2c1-c1ccc(OC)cc1.CCOC(=O)c1c(-c2ccc(OC)cc2)c2cc(OC)c(OC)cc2n1Cc1ccc2nsnc2c1. The van der Waals surface area contributed by atoms with Gasteiger partial charge in [0.2, 0.25) is 0 Å². The van der Waals surface area contributed by atoms with Gasteiger partial charge < -0.3 is 47.4 Å². The maximum Gasteiger partial charge on any atom is 0.355 e. The van der Waals surface area contributed by atoms with Crippen LogP contribution in [0.1, 0.15) is 40.4 Å². The molecule has 0 amide bonds. The number of aromatic nitrogens is 4. The van der Waals surface area contributed by atoms with Crippen molar-refractivity contribution in [1.82, 2.24) is 18.3 Å². The number of H-pyrrole nitrogens is 1.